The van der Waals surface area contributed by atoms with Gasteiger partial charge in [-0.05, 0) is 39.5 Å². The van der Waals surface area contributed by atoms with Crippen LogP contribution in [0.3, 0.4) is 0 Å². The van der Waals surface area contributed by atoms with E-state index in [0.717, 1.165) is 12.3 Å². The van der Waals surface area contributed by atoms with Crippen molar-refractivity contribution in [1.29, 1.82) is 0 Å². The van der Waals surface area contributed by atoms with Crippen molar-refractivity contribution in [1.82, 2.24) is 9.91 Å². The largest absolute Gasteiger partial charge is 0.444 e. The third-order valence-corrected chi connectivity index (χ3v) is 3.94. The lowest BCUT2D eigenvalue weighted by Gasteiger charge is -2.24. The van der Waals surface area contributed by atoms with Gasteiger partial charge < -0.3 is 9.64 Å². The first kappa shape index (κ1) is 16.8. The van der Waals surface area contributed by atoms with E-state index in [9.17, 15) is 9.59 Å². The first-order chi connectivity index (χ1) is 10.2. The van der Waals surface area contributed by atoms with Gasteiger partial charge in [0.15, 0.2) is 0 Å². The monoisotopic (exact) mass is 309 g/mol. The molecular weight excluding hydrogens is 282 g/mol. The average Bonchev–Trinajstić information content (AvgIpc) is 2.99. The van der Waals surface area contributed by atoms with Crippen LogP contribution in [0.1, 0.15) is 52.9 Å². The number of amides is 2. The molecule has 2 amide bonds. The maximum absolute atomic E-state index is 12.0. The van der Waals surface area contributed by atoms with Crippen molar-refractivity contribution in [3.8, 4) is 0 Å². The van der Waals surface area contributed by atoms with Gasteiger partial charge in [-0.25, -0.2) is 9.80 Å². The molecule has 0 aromatic carbocycles. The highest BCUT2D eigenvalue weighted by Crippen LogP contribution is 2.26. The number of nitrogens with zero attached hydrogens (tertiary/aromatic N) is 3. The van der Waals surface area contributed by atoms with Crippen molar-refractivity contribution in [2.24, 2.45) is 11.0 Å². The van der Waals surface area contributed by atoms with Crippen LogP contribution in [-0.4, -0.2) is 53.4 Å². The highest BCUT2D eigenvalue weighted by atomic mass is 16.6. The van der Waals surface area contributed by atoms with Gasteiger partial charge in [0.1, 0.15) is 5.60 Å². The predicted octanol–water partition coefficient (Wildman–Crippen LogP) is 2.63. The van der Waals surface area contributed by atoms with Gasteiger partial charge in [0.2, 0.25) is 5.91 Å². The van der Waals surface area contributed by atoms with Gasteiger partial charge in [-0.2, -0.15) is 5.10 Å². The number of hydrogen-bond acceptors (Lipinski definition) is 4. The van der Waals surface area contributed by atoms with E-state index in [-0.39, 0.29) is 5.91 Å². The lowest BCUT2D eigenvalue weighted by atomic mass is 10.1. The van der Waals surface area contributed by atoms with E-state index >= 15 is 0 Å². The Bertz CT molecular complexity index is 462. The van der Waals surface area contributed by atoms with E-state index in [1.165, 1.54) is 30.6 Å². The molecule has 2 aliphatic rings. The SMILES string of the molecule is CN(CC1=NN(CC2CCCC2)C(=O)C1)C(=O)OC(C)(C)C. The molecule has 0 saturated heterocycles. The highest BCUT2D eigenvalue weighted by Gasteiger charge is 2.29. The minimum absolute atomic E-state index is 0.0412. The highest BCUT2D eigenvalue weighted by molar-refractivity contribution is 6.06. The number of ether oxygens (including phenoxy) is 1. The van der Waals surface area contributed by atoms with Crippen molar-refractivity contribution >= 4 is 17.7 Å². The van der Waals surface area contributed by atoms with Gasteiger partial charge in [-0.15, -0.1) is 0 Å². The van der Waals surface area contributed by atoms with Gasteiger partial charge >= 0.3 is 6.09 Å². The molecule has 1 heterocycles. The normalized spacial score (nSPS) is 19.5. The second-order valence-corrected chi connectivity index (χ2v) is 7.31. The van der Waals surface area contributed by atoms with Crippen LogP contribution in [0.2, 0.25) is 0 Å². The second-order valence-electron chi connectivity index (χ2n) is 7.31. The van der Waals surface area contributed by atoms with E-state index in [1.807, 2.05) is 20.8 Å². The van der Waals surface area contributed by atoms with E-state index in [1.54, 1.807) is 12.1 Å². The average molecular weight is 309 g/mol. The van der Waals surface area contributed by atoms with Crippen molar-refractivity contribution in [2.45, 2.75) is 58.5 Å². The summed E-state index contributed by atoms with van der Waals surface area (Å²) in [5.41, 5.74) is 0.212. The fraction of sp³-hybridized carbons (Fsp3) is 0.812. The Morgan fingerprint density at radius 2 is 2.00 bits per heavy atom. The summed E-state index contributed by atoms with van der Waals surface area (Å²) in [6.45, 7) is 6.55. The second kappa shape index (κ2) is 6.67. The summed E-state index contributed by atoms with van der Waals surface area (Å²) in [7, 11) is 1.67. The van der Waals surface area contributed by atoms with Crippen LogP contribution >= 0.6 is 0 Å². The zero-order valence-corrected chi connectivity index (χ0v) is 14.1. The molecule has 0 bridgehead atoms. The molecule has 2 rings (SSSR count). The molecule has 0 spiro atoms. The number of carbonyl (C=O) groups is 2. The summed E-state index contributed by atoms with van der Waals surface area (Å²) in [5, 5.41) is 5.99. The Labute approximate surface area is 132 Å². The molecule has 1 aliphatic carbocycles. The number of hydrazone groups is 1. The first-order valence-electron chi connectivity index (χ1n) is 8.05. The third-order valence-electron chi connectivity index (χ3n) is 3.94. The lowest BCUT2D eigenvalue weighted by molar-refractivity contribution is -0.129. The molecule has 0 aromatic heterocycles. The molecule has 1 saturated carbocycles. The maximum atomic E-state index is 12.0. The fourth-order valence-corrected chi connectivity index (χ4v) is 2.87. The van der Waals surface area contributed by atoms with Crippen LogP contribution in [-0.2, 0) is 9.53 Å². The quantitative estimate of drug-likeness (QED) is 0.802. The van der Waals surface area contributed by atoms with Gasteiger partial charge in [0.05, 0.1) is 18.7 Å². The molecule has 0 aromatic rings. The van der Waals surface area contributed by atoms with E-state index < -0.39 is 11.7 Å². The minimum atomic E-state index is -0.521. The van der Waals surface area contributed by atoms with Crippen molar-refractivity contribution < 1.29 is 14.3 Å². The molecule has 0 N–H and O–H groups in total. The van der Waals surface area contributed by atoms with E-state index in [0.29, 0.717) is 18.9 Å². The third kappa shape index (κ3) is 4.71. The molecule has 6 nitrogen and oxygen atoms in total. The molecule has 6 heteroatoms. The van der Waals surface area contributed by atoms with Crippen molar-refractivity contribution in [2.75, 3.05) is 20.1 Å². The zero-order chi connectivity index (χ0) is 16.3. The van der Waals surface area contributed by atoms with Gasteiger partial charge in [0, 0.05) is 13.6 Å². The maximum Gasteiger partial charge on any atom is 0.410 e. The zero-order valence-electron chi connectivity index (χ0n) is 14.1. The van der Waals surface area contributed by atoms with Gasteiger partial charge in [-0.1, -0.05) is 12.8 Å². The Balaban J connectivity index is 1.86. The minimum Gasteiger partial charge on any atom is -0.444 e. The van der Waals surface area contributed by atoms with E-state index in [2.05, 4.69) is 5.10 Å². The van der Waals surface area contributed by atoms with Gasteiger partial charge in [0.25, 0.3) is 0 Å². The molecule has 0 atom stereocenters. The number of rotatable bonds is 4. The molecule has 1 fully saturated rings. The summed E-state index contributed by atoms with van der Waals surface area (Å²) >= 11 is 0. The Morgan fingerprint density at radius 1 is 1.36 bits per heavy atom. The summed E-state index contributed by atoms with van der Waals surface area (Å²) in [5.74, 6) is 0.620. The topological polar surface area (TPSA) is 62.2 Å². The molecule has 0 unspecified atom stereocenters. The summed E-state index contributed by atoms with van der Waals surface area (Å²) in [6.07, 6.45) is 4.80. The first-order valence-corrected chi connectivity index (χ1v) is 8.05. The van der Waals surface area contributed by atoms with Crippen molar-refractivity contribution in [3.63, 3.8) is 0 Å². The molecule has 22 heavy (non-hydrogen) atoms. The van der Waals surface area contributed by atoms with Crippen LogP contribution < -0.4 is 0 Å². The van der Waals surface area contributed by atoms with E-state index in [4.69, 9.17) is 4.74 Å². The van der Waals surface area contributed by atoms with Crippen molar-refractivity contribution in [3.05, 3.63) is 0 Å². The predicted molar refractivity (Wildman–Crippen MR) is 84.6 cm³/mol. The van der Waals surface area contributed by atoms with Gasteiger partial charge in [-0.3, -0.25) is 4.79 Å². The lowest BCUT2D eigenvalue weighted by Crippen LogP contribution is -2.37. The van der Waals surface area contributed by atoms with Crippen LogP contribution in [0.4, 0.5) is 4.79 Å². The molecule has 124 valence electrons. The Morgan fingerprint density at radius 3 is 2.59 bits per heavy atom. The number of hydrogen-bond donors (Lipinski definition) is 0. The Kier molecular flexibility index (Phi) is 5.08. The summed E-state index contributed by atoms with van der Waals surface area (Å²) in [4.78, 5) is 25.4. The Hall–Kier alpha value is -1.59. The van der Waals surface area contributed by atoms with Crippen LogP contribution in [0.15, 0.2) is 5.10 Å². The van der Waals surface area contributed by atoms with Crippen LogP contribution in [0, 0.1) is 5.92 Å². The fourth-order valence-electron chi connectivity index (χ4n) is 2.87. The number of carbonyl (C=O) groups excluding carboxylic acids is 2. The molecule has 1 aliphatic heterocycles. The summed E-state index contributed by atoms with van der Waals surface area (Å²) < 4.78 is 5.30. The molecule has 0 radical (unpaired) electrons. The van der Waals surface area contributed by atoms with Crippen LogP contribution in [0.5, 0.6) is 0 Å². The smallest absolute Gasteiger partial charge is 0.410 e. The summed E-state index contributed by atoms with van der Waals surface area (Å²) in [6, 6.07) is 0. The van der Waals surface area contributed by atoms with Crippen LogP contribution in [0.25, 0.3) is 0 Å². The standard InChI is InChI=1S/C16H27N3O3/c1-16(2,3)22-15(21)18(4)11-13-9-14(20)19(17-13)10-12-7-5-6-8-12/h12H,5-11H2,1-4H3. The molecular formula is C16H27N3O3.